The van der Waals surface area contributed by atoms with E-state index in [-0.39, 0.29) is 23.8 Å². The summed E-state index contributed by atoms with van der Waals surface area (Å²) in [4.78, 5) is 25.6. The van der Waals surface area contributed by atoms with E-state index in [2.05, 4.69) is 25.6 Å². The van der Waals surface area contributed by atoms with Crippen LogP contribution in [0, 0.1) is 12.8 Å². The SMILES string of the molecule is Cc1cc(Nc2nccc(C(F)(F)F)n2)cc(-c2cnc(C3(O)CCC(C(=O)NC4CCCCC4)CC3)s2)c1. The number of aliphatic hydroxyl groups is 1. The molecule has 2 heterocycles. The minimum atomic E-state index is -4.56. The molecule has 208 valence electrons. The van der Waals surface area contributed by atoms with E-state index in [0.717, 1.165) is 41.1 Å². The Morgan fingerprint density at radius 3 is 2.54 bits per heavy atom. The van der Waals surface area contributed by atoms with Crippen molar-refractivity contribution in [3.8, 4) is 10.4 Å². The molecule has 2 saturated carbocycles. The average Bonchev–Trinajstić information content (AvgIpc) is 3.41. The van der Waals surface area contributed by atoms with Gasteiger partial charge in [0.1, 0.15) is 16.3 Å². The number of nitrogens with one attached hydrogen (secondary N) is 2. The summed E-state index contributed by atoms with van der Waals surface area (Å²) in [7, 11) is 0. The van der Waals surface area contributed by atoms with Crippen LogP contribution in [0.15, 0.2) is 36.7 Å². The molecule has 0 atom stereocenters. The summed E-state index contributed by atoms with van der Waals surface area (Å²) in [6.45, 7) is 1.89. The third-order valence-electron chi connectivity index (χ3n) is 7.60. The molecule has 5 rings (SSSR count). The lowest BCUT2D eigenvalue weighted by Crippen LogP contribution is -2.43. The molecule has 0 spiro atoms. The van der Waals surface area contributed by atoms with Crippen LogP contribution in [0.3, 0.4) is 0 Å². The first-order chi connectivity index (χ1) is 18.6. The van der Waals surface area contributed by atoms with E-state index in [4.69, 9.17) is 0 Å². The molecular formula is C28H32F3N5O2S. The van der Waals surface area contributed by atoms with Crippen LogP contribution in [0.25, 0.3) is 10.4 Å². The predicted octanol–water partition coefficient (Wildman–Crippen LogP) is 6.50. The second-order valence-electron chi connectivity index (χ2n) is 10.7. The van der Waals surface area contributed by atoms with Gasteiger partial charge >= 0.3 is 6.18 Å². The van der Waals surface area contributed by atoms with Gasteiger partial charge in [-0.25, -0.2) is 15.0 Å². The number of anilines is 2. The number of amides is 1. The number of carbonyl (C=O) groups is 1. The molecule has 2 aromatic heterocycles. The second kappa shape index (κ2) is 11.2. The predicted molar refractivity (Wildman–Crippen MR) is 143 cm³/mol. The number of nitrogens with zero attached hydrogens (tertiary/aromatic N) is 3. The molecule has 0 bridgehead atoms. The molecule has 3 aromatic rings. The number of benzene rings is 1. The molecular weight excluding hydrogens is 527 g/mol. The van der Waals surface area contributed by atoms with Gasteiger partial charge in [-0.15, -0.1) is 11.3 Å². The molecule has 7 nitrogen and oxygen atoms in total. The van der Waals surface area contributed by atoms with Crippen LogP contribution in [0.5, 0.6) is 0 Å². The monoisotopic (exact) mass is 559 g/mol. The van der Waals surface area contributed by atoms with Gasteiger partial charge in [0.15, 0.2) is 0 Å². The van der Waals surface area contributed by atoms with Crippen LogP contribution < -0.4 is 10.6 Å². The lowest BCUT2D eigenvalue weighted by molar-refractivity contribution is -0.141. The highest BCUT2D eigenvalue weighted by atomic mass is 32.1. The summed E-state index contributed by atoms with van der Waals surface area (Å²) in [5.41, 5.74) is 0.149. The molecule has 39 heavy (non-hydrogen) atoms. The van der Waals surface area contributed by atoms with Gasteiger partial charge in [0.25, 0.3) is 0 Å². The van der Waals surface area contributed by atoms with E-state index in [1.807, 2.05) is 13.0 Å². The fourth-order valence-corrected chi connectivity index (χ4v) is 6.51. The minimum absolute atomic E-state index is 0.0879. The van der Waals surface area contributed by atoms with Gasteiger partial charge in [0.05, 0.1) is 4.88 Å². The highest BCUT2D eigenvalue weighted by molar-refractivity contribution is 7.15. The van der Waals surface area contributed by atoms with Crippen molar-refractivity contribution in [3.05, 3.63) is 52.9 Å². The number of alkyl halides is 3. The minimum Gasteiger partial charge on any atom is -0.383 e. The number of carbonyl (C=O) groups excluding carboxylic acids is 1. The Hall–Kier alpha value is -3.05. The molecule has 0 radical (unpaired) electrons. The first-order valence-corrected chi connectivity index (χ1v) is 14.2. The smallest absolute Gasteiger partial charge is 0.383 e. The van der Waals surface area contributed by atoms with Crippen molar-refractivity contribution in [2.24, 2.45) is 5.92 Å². The largest absolute Gasteiger partial charge is 0.433 e. The first-order valence-electron chi connectivity index (χ1n) is 13.4. The zero-order chi connectivity index (χ0) is 27.6. The Morgan fingerprint density at radius 2 is 1.82 bits per heavy atom. The van der Waals surface area contributed by atoms with Crippen LogP contribution in [0.1, 0.15) is 74.1 Å². The third-order valence-corrected chi connectivity index (χ3v) is 8.84. The number of aromatic nitrogens is 3. The lowest BCUT2D eigenvalue weighted by atomic mass is 9.78. The van der Waals surface area contributed by atoms with Gasteiger partial charge < -0.3 is 15.7 Å². The number of hydrogen-bond acceptors (Lipinski definition) is 7. The zero-order valence-electron chi connectivity index (χ0n) is 21.7. The first kappa shape index (κ1) is 27.5. The van der Waals surface area contributed by atoms with Crippen molar-refractivity contribution in [1.82, 2.24) is 20.3 Å². The maximum atomic E-state index is 13.0. The van der Waals surface area contributed by atoms with Crippen LogP contribution in [-0.4, -0.2) is 32.0 Å². The highest BCUT2D eigenvalue weighted by Crippen LogP contribution is 2.43. The fraction of sp³-hybridized carbons (Fsp3) is 0.500. The topological polar surface area (TPSA) is 100 Å². The summed E-state index contributed by atoms with van der Waals surface area (Å²) in [6.07, 6.45) is 6.04. The number of rotatable bonds is 6. The maximum absolute atomic E-state index is 13.0. The Morgan fingerprint density at radius 1 is 1.08 bits per heavy atom. The van der Waals surface area contributed by atoms with Crippen LogP contribution in [-0.2, 0) is 16.6 Å². The van der Waals surface area contributed by atoms with E-state index in [9.17, 15) is 23.1 Å². The summed E-state index contributed by atoms with van der Waals surface area (Å²) < 4.78 is 39.1. The normalized spacial score (nSPS) is 22.4. The number of thiazole rings is 1. The molecule has 0 unspecified atom stereocenters. The average molecular weight is 560 g/mol. The third kappa shape index (κ3) is 6.58. The molecule has 0 aliphatic heterocycles. The van der Waals surface area contributed by atoms with Gasteiger partial charge in [-0.1, -0.05) is 25.3 Å². The fourth-order valence-electron chi connectivity index (χ4n) is 5.46. The molecule has 1 amide bonds. The van der Waals surface area contributed by atoms with Crippen molar-refractivity contribution in [2.45, 2.75) is 82.5 Å². The molecule has 3 N–H and O–H groups in total. The van der Waals surface area contributed by atoms with E-state index in [0.29, 0.717) is 36.4 Å². The van der Waals surface area contributed by atoms with Crippen molar-refractivity contribution in [3.63, 3.8) is 0 Å². The van der Waals surface area contributed by atoms with Crippen molar-refractivity contribution >= 4 is 28.9 Å². The van der Waals surface area contributed by atoms with Gasteiger partial charge in [0, 0.05) is 30.0 Å². The lowest BCUT2D eigenvalue weighted by Gasteiger charge is -2.34. The van der Waals surface area contributed by atoms with E-state index in [1.165, 1.54) is 30.6 Å². The molecule has 11 heteroatoms. The van der Waals surface area contributed by atoms with E-state index < -0.39 is 17.5 Å². The Kier molecular flexibility index (Phi) is 7.91. The highest BCUT2D eigenvalue weighted by Gasteiger charge is 2.39. The van der Waals surface area contributed by atoms with E-state index in [1.54, 1.807) is 18.3 Å². The molecule has 2 aliphatic carbocycles. The molecule has 2 fully saturated rings. The van der Waals surface area contributed by atoms with Gasteiger partial charge in [0.2, 0.25) is 11.9 Å². The Balaban J connectivity index is 1.26. The quantitative estimate of drug-likeness (QED) is 0.319. The summed E-state index contributed by atoms with van der Waals surface area (Å²) in [5, 5.41) is 18.1. The van der Waals surface area contributed by atoms with Gasteiger partial charge in [-0.05, 0) is 74.8 Å². The number of halogens is 3. The summed E-state index contributed by atoms with van der Waals surface area (Å²) >= 11 is 1.39. The summed E-state index contributed by atoms with van der Waals surface area (Å²) in [5.74, 6) is -0.131. The maximum Gasteiger partial charge on any atom is 0.433 e. The van der Waals surface area contributed by atoms with Gasteiger partial charge in [-0.3, -0.25) is 4.79 Å². The second-order valence-corrected chi connectivity index (χ2v) is 11.7. The van der Waals surface area contributed by atoms with Crippen LogP contribution >= 0.6 is 11.3 Å². The van der Waals surface area contributed by atoms with Gasteiger partial charge in [-0.2, -0.15) is 13.2 Å². The Bertz CT molecular complexity index is 1310. The zero-order valence-corrected chi connectivity index (χ0v) is 22.5. The van der Waals surface area contributed by atoms with Crippen molar-refractivity contribution in [1.29, 1.82) is 0 Å². The molecule has 0 saturated heterocycles. The van der Waals surface area contributed by atoms with Crippen molar-refractivity contribution in [2.75, 3.05) is 5.32 Å². The summed E-state index contributed by atoms with van der Waals surface area (Å²) in [6, 6.07) is 6.65. The standard InChI is InChI=1S/C28H32F3N5O2S/c1-17-13-19(15-21(14-17)35-26-32-12-9-23(36-26)28(29,30)31)22-16-33-25(39-22)27(38)10-7-18(8-11-27)24(37)34-20-5-3-2-4-6-20/h9,12-16,18,20,38H,2-8,10-11H2,1H3,(H,34,37)(H,32,35,36). The molecule has 1 aromatic carbocycles. The van der Waals surface area contributed by atoms with Crippen LogP contribution in [0.2, 0.25) is 0 Å². The molecule has 2 aliphatic rings. The number of hydrogen-bond donors (Lipinski definition) is 3. The Labute approximate surface area is 229 Å². The van der Waals surface area contributed by atoms with Crippen LogP contribution in [0.4, 0.5) is 24.8 Å². The van der Waals surface area contributed by atoms with Crippen molar-refractivity contribution < 1.29 is 23.1 Å². The number of aryl methyl sites for hydroxylation is 1. The van der Waals surface area contributed by atoms with E-state index >= 15 is 0 Å².